The van der Waals surface area contributed by atoms with E-state index in [1.165, 1.54) is 85.8 Å². The lowest BCUT2D eigenvalue weighted by molar-refractivity contribution is 0.0684. The Morgan fingerprint density at radius 3 is 1.54 bits per heavy atom. The number of aromatic hydroxyl groups is 2. The van der Waals surface area contributed by atoms with Gasteiger partial charge in [-0.15, -0.1) is 0 Å². The molecule has 0 saturated heterocycles. The number of anilines is 4. The van der Waals surface area contributed by atoms with Crippen LogP contribution in [0.15, 0.2) is 156 Å². The number of fused-ring (bicyclic) bond motifs is 4. The van der Waals surface area contributed by atoms with E-state index in [0.29, 0.717) is 39.2 Å². The summed E-state index contributed by atoms with van der Waals surface area (Å²) in [7, 11) is -19.0. The van der Waals surface area contributed by atoms with E-state index in [4.69, 9.17) is 9.41 Å². The first-order valence-corrected chi connectivity index (χ1v) is 30.9. The fraction of sp³-hybridized carbons (Fsp3) is 0.102. The lowest BCUT2D eigenvalue weighted by Gasteiger charge is -2.21. The Kier molecular flexibility index (Phi) is 14.3. The third kappa shape index (κ3) is 10.5. The van der Waals surface area contributed by atoms with Gasteiger partial charge in [0.25, 0.3) is 40.3 Å². The Morgan fingerprint density at radius 2 is 1.00 bits per heavy atom. The van der Waals surface area contributed by atoms with Crippen molar-refractivity contribution in [1.82, 2.24) is 0 Å². The molecule has 25 heteroatoms. The van der Waals surface area contributed by atoms with Gasteiger partial charge >= 0.3 is 11.9 Å². The summed E-state index contributed by atoms with van der Waals surface area (Å²) in [6, 6.07) is 28.1. The van der Waals surface area contributed by atoms with Crippen molar-refractivity contribution in [2.24, 2.45) is 4.99 Å². The number of hydrogen-bond acceptors (Lipinski definition) is 15. The smallest absolute Gasteiger partial charge is 0.340 e. The van der Waals surface area contributed by atoms with Crippen LogP contribution in [0.3, 0.4) is 0 Å². The molecule has 1 aliphatic carbocycles. The minimum absolute atomic E-state index is 0.0376. The highest BCUT2D eigenvalue weighted by Gasteiger charge is 2.29. The minimum Gasteiger partial charge on any atom is -0.507 e. The van der Waals surface area contributed by atoms with Gasteiger partial charge in [-0.3, -0.25) is 18.5 Å². The second-order valence-corrected chi connectivity index (χ2v) is 26.1. The number of hydrogen-bond donors (Lipinski definition) is 9. The van der Waals surface area contributed by atoms with E-state index in [0.717, 1.165) is 24.3 Å². The van der Waals surface area contributed by atoms with Gasteiger partial charge in [-0.2, -0.15) is 16.8 Å². The summed E-state index contributed by atoms with van der Waals surface area (Å²) < 4.78 is 143. The molecular weight excluding hydrogens is 1160 g/mol. The molecule has 21 nitrogen and oxygen atoms in total. The van der Waals surface area contributed by atoms with Gasteiger partial charge in [0.15, 0.2) is 0 Å². The van der Waals surface area contributed by atoms with Crippen LogP contribution in [0.2, 0.25) is 0 Å². The average Bonchev–Trinajstić information content (AvgIpc) is 1.02. The number of aryl methyl sites for hydroxylation is 4. The molecule has 0 spiro atoms. The van der Waals surface area contributed by atoms with Crippen LogP contribution in [0, 0.1) is 41.5 Å². The van der Waals surface area contributed by atoms with E-state index in [1.807, 2.05) is 0 Å². The zero-order valence-electron chi connectivity index (χ0n) is 44.9. The zero-order chi connectivity index (χ0) is 60.9. The molecule has 8 aromatic rings. The number of sulfonamides is 2. The number of aromatic carboxylic acids is 2. The highest BCUT2D eigenvalue weighted by Crippen LogP contribution is 2.45. The number of carboxylic acids is 2. The lowest BCUT2D eigenvalue weighted by atomic mass is 9.93. The molecule has 1 aliphatic heterocycles. The van der Waals surface area contributed by atoms with Gasteiger partial charge in [0.2, 0.25) is 0 Å². The maximum Gasteiger partial charge on any atom is 0.340 e. The summed E-state index contributed by atoms with van der Waals surface area (Å²) in [5.74, 6) is -3.94. The van der Waals surface area contributed by atoms with Crippen LogP contribution in [0.4, 0.5) is 28.4 Å². The van der Waals surface area contributed by atoms with Crippen LogP contribution in [0.25, 0.3) is 55.0 Å². The molecule has 0 radical (unpaired) electrons. The molecule has 8 aromatic carbocycles. The van der Waals surface area contributed by atoms with Crippen LogP contribution < -0.4 is 20.1 Å². The number of carboxylic acid groups (broad SMARTS) is 2. The molecule has 430 valence electrons. The molecule has 0 atom stereocenters. The average molecular weight is 1210 g/mol. The first kappa shape index (κ1) is 57.8. The predicted molar refractivity (Wildman–Crippen MR) is 314 cm³/mol. The standard InChI is InChI=1S/C59H48N4O17S4/c1-28-21-30(3)56(62-81(70,71)37-14-17-39-34(23-37)11-19-45(64)52(39)58(66)67)32(5)54(28)60-36-13-16-41-47(25-36)80-48-27-44(50(84(77,78)79)26-43(48)51(41)42-9-7-8-10-49(42)83(74,75)76)61-55-29(2)22-31(4)57(33(55)6)63-82(72,73)38-15-18-40-35(24-38)12-20-46(65)53(40)59(68)69/h7-27,60,62-65H,1-6H3,(H,66,67)(H,68,69)(H,74,75,76)(H,77,78,79). The predicted octanol–water partition coefficient (Wildman–Crippen LogP) is 11.2. The molecule has 84 heavy (non-hydrogen) atoms. The van der Waals surface area contributed by atoms with Crippen molar-refractivity contribution in [3.05, 3.63) is 177 Å². The number of nitrogens with one attached hydrogen (secondary N) is 3. The SMILES string of the molecule is Cc1cc(C)c(NS(=O)(=O)c2ccc3c(C(=O)O)c(O)ccc3c2)c(C)c1N=c1cc2oc3cc(Nc4c(C)cc(C)c(NS(=O)(=O)c5ccc6c(C(=O)O)c(O)ccc6c5)c4C)ccc3c(-c3ccccc3S(=O)(=O)O)c-2cc1S(=O)(=O)O. The number of nitrogens with zero attached hydrogens (tertiary/aromatic N) is 1. The van der Waals surface area contributed by atoms with Gasteiger partial charge in [0.1, 0.15) is 43.8 Å². The molecular formula is C59H48N4O17S4. The number of rotatable bonds is 14. The molecule has 9 N–H and O–H groups in total. The molecule has 0 bridgehead atoms. The third-order valence-electron chi connectivity index (χ3n) is 14.4. The second kappa shape index (κ2) is 20.8. The maximum atomic E-state index is 14.1. The first-order chi connectivity index (χ1) is 39.3. The highest BCUT2D eigenvalue weighted by atomic mass is 32.2. The van der Waals surface area contributed by atoms with Gasteiger partial charge in [-0.05, 0) is 146 Å². The number of phenols is 2. The van der Waals surface area contributed by atoms with E-state index < -0.39 is 84.4 Å². The summed E-state index contributed by atoms with van der Waals surface area (Å²) in [4.78, 5) is 26.8. The van der Waals surface area contributed by atoms with E-state index >= 15 is 0 Å². The van der Waals surface area contributed by atoms with E-state index in [2.05, 4.69) is 14.8 Å². The molecule has 0 saturated carbocycles. The molecule has 2 aliphatic rings. The summed E-state index contributed by atoms with van der Waals surface area (Å²) in [5.41, 5.74) is 2.96. The summed E-state index contributed by atoms with van der Waals surface area (Å²) in [6.07, 6.45) is 0. The summed E-state index contributed by atoms with van der Waals surface area (Å²) in [5, 5.41) is 43.6. The Bertz CT molecular complexity index is 5080. The second-order valence-electron chi connectivity index (χ2n) is 19.9. The lowest BCUT2D eigenvalue weighted by Crippen LogP contribution is -2.17. The normalized spacial score (nSPS) is 12.5. The summed E-state index contributed by atoms with van der Waals surface area (Å²) >= 11 is 0. The van der Waals surface area contributed by atoms with Crippen LogP contribution >= 0.6 is 0 Å². The van der Waals surface area contributed by atoms with Crippen molar-refractivity contribution >= 4 is 113 Å². The van der Waals surface area contributed by atoms with Crippen LogP contribution in [-0.4, -0.2) is 75.1 Å². The Morgan fingerprint density at radius 1 is 0.500 bits per heavy atom. The van der Waals surface area contributed by atoms with Gasteiger partial charge in [-0.25, -0.2) is 31.4 Å². The topological polar surface area (TPSA) is 354 Å². The van der Waals surface area contributed by atoms with Crippen molar-refractivity contribution in [2.45, 2.75) is 61.1 Å². The van der Waals surface area contributed by atoms with E-state index in [9.17, 15) is 72.8 Å². The maximum absolute atomic E-state index is 14.1. The molecule has 0 fully saturated rings. The van der Waals surface area contributed by atoms with Gasteiger partial charge in [0.05, 0.1) is 32.2 Å². The summed E-state index contributed by atoms with van der Waals surface area (Å²) in [6.45, 7) is 9.94. The molecule has 0 amide bonds. The monoisotopic (exact) mass is 1210 g/mol. The van der Waals surface area contributed by atoms with Gasteiger partial charge in [0, 0.05) is 56.4 Å². The van der Waals surface area contributed by atoms with Crippen LogP contribution in [0.1, 0.15) is 54.1 Å². The van der Waals surface area contributed by atoms with Crippen LogP contribution in [-0.2, 0) is 40.3 Å². The van der Waals surface area contributed by atoms with Gasteiger partial charge < -0.3 is 30.2 Å². The van der Waals surface area contributed by atoms with Gasteiger partial charge in [-0.1, -0.05) is 54.6 Å². The first-order valence-electron chi connectivity index (χ1n) is 25.0. The van der Waals surface area contributed by atoms with Crippen molar-refractivity contribution < 1.29 is 77.2 Å². The third-order valence-corrected chi connectivity index (χ3v) is 18.9. The number of benzene rings is 9. The molecule has 0 unspecified atom stereocenters. The largest absolute Gasteiger partial charge is 0.507 e. The van der Waals surface area contributed by atoms with Crippen molar-refractivity contribution in [1.29, 1.82) is 0 Å². The fourth-order valence-electron chi connectivity index (χ4n) is 10.5. The Balaban J connectivity index is 1.10. The quantitative estimate of drug-likeness (QED) is 0.0361. The Labute approximate surface area is 479 Å². The van der Waals surface area contributed by atoms with E-state index in [1.54, 1.807) is 58.9 Å². The van der Waals surface area contributed by atoms with Crippen molar-refractivity contribution in [2.75, 3.05) is 14.8 Å². The number of carbonyl (C=O) groups is 2. The van der Waals surface area contributed by atoms with E-state index in [-0.39, 0.29) is 92.9 Å². The van der Waals surface area contributed by atoms with Crippen molar-refractivity contribution in [3.63, 3.8) is 0 Å². The van der Waals surface area contributed by atoms with Crippen LogP contribution in [0.5, 0.6) is 11.5 Å². The minimum atomic E-state index is -5.22. The molecule has 10 rings (SSSR count). The zero-order valence-corrected chi connectivity index (χ0v) is 48.1. The molecule has 1 heterocycles. The highest BCUT2D eigenvalue weighted by molar-refractivity contribution is 7.93. The fourth-order valence-corrected chi connectivity index (χ4v) is 14.3. The van der Waals surface area contributed by atoms with Crippen molar-refractivity contribution in [3.8, 4) is 33.9 Å². The molecule has 0 aromatic heterocycles. The Hall–Kier alpha value is -9.37.